The number of nitrogens with zero attached hydrogens (tertiary/aromatic N) is 1. The maximum atomic E-state index is 12.3. The number of hydrogen-bond acceptors (Lipinski definition) is 6. The highest BCUT2D eigenvalue weighted by Crippen LogP contribution is 2.51. The molecule has 0 aromatic rings. The average Bonchev–Trinajstić information content (AvgIpc) is 3.10. The molecule has 0 spiro atoms. The first-order chi connectivity index (χ1) is 12.4. The van der Waals surface area contributed by atoms with Crippen LogP contribution in [0.1, 0.15) is 20.3 Å². The van der Waals surface area contributed by atoms with E-state index in [-0.39, 0.29) is 41.5 Å². The number of nitrogens with one attached hydrogen (secondary N) is 1. The lowest BCUT2D eigenvalue weighted by molar-refractivity contribution is -0.163. The first-order valence-electron chi connectivity index (χ1n) is 8.89. The van der Waals surface area contributed by atoms with Crippen molar-refractivity contribution in [1.29, 1.82) is 0 Å². The van der Waals surface area contributed by atoms with E-state index < -0.39 is 24.7 Å². The number of rotatable bonds is 8. The van der Waals surface area contributed by atoms with Gasteiger partial charge in [0.15, 0.2) is 0 Å². The quantitative estimate of drug-likeness (QED) is 0.413. The molecule has 2 fully saturated rings. The van der Waals surface area contributed by atoms with Crippen molar-refractivity contribution < 1.29 is 28.9 Å². The SMILES string of the molecule is C[C@@H](O)[C@H]1C(=O)N2C(C(=O)O)=C(S[C@H]3CN[C@@H](COCCF)C3)[C@H](C)[C@H]12. The molecule has 9 heteroatoms. The van der Waals surface area contributed by atoms with Crippen molar-refractivity contribution >= 4 is 23.6 Å². The zero-order valence-corrected chi connectivity index (χ0v) is 15.7. The smallest absolute Gasteiger partial charge is 0.353 e. The number of hydrogen-bond donors (Lipinski definition) is 3. The standard InChI is InChI=1S/C17H25FN2O5S/c1-8-13-12(9(2)21)16(22)20(13)14(17(23)24)15(8)26-11-5-10(19-6-11)7-25-4-3-18/h8-13,19,21H,3-7H2,1-2H3,(H,23,24)/t8-,9-,10-,11-,12-,13-/m1/s1. The lowest BCUT2D eigenvalue weighted by atomic mass is 9.79. The van der Waals surface area contributed by atoms with Crippen molar-refractivity contribution in [2.24, 2.45) is 11.8 Å². The number of aliphatic hydroxyl groups excluding tert-OH is 1. The molecule has 0 saturated carbocycles. The van der Waals surface area contributed by atoms with E-state index in [0.29, 0.717) is 18.1 Å². The van der Waals surface area contributed by atoms with Gasteiger partial charge in [-0.25, -0.2) is 9.18 Å². The minimum absolute atomic E-state index is 0.0616. The van der Waals surface area contributed by atoms with Crippen LogP contribution in [0, 0.1) is 11.8 Å². The van der Waals surface area contributed by atoms with Gasteiger partial charge in [0.05, 0.1) is 31.3 Å². The molecule has 6 atom stereocenters. The second-order valence-electron chi connectivity index (χ2n) is 7.12. The van der Waals surface area contributed by atoms with E-state index in [4.69, 9.17) is 4.74 Å². The second-order valence-corrected chi connectivity index (χ2v) is 8.46. The van der Waals surface area contributed by atoms with Crippen LogP contribution in [0.15, 0.2) is 10.6 Å². The molecule has 3 N–H and O–H groups in total. The van der Waals surface area contributed by atoms with Gasteiger partial charge in [-0.05, 0) is 13.3 Å². The Morgan fingerprint density at radius 3 is 2.88 bits per heavy atom. The number of carboxylic acid groups (broad SMARTS) is 1. The van der Waals surface area contributed by atoms with E-state index in [1.807, 2.05) is 6.92 Å². The number of carbonyl (C=O) groups excluding carboxylic acids is 1. The number of ether oxygens (including phenoxy) is 1. The van der Waals surface area contributed by atoms with Gasteiger partial charge >= 0.3 is 5.97 Å². The van der Waals surface area contributed by atoms with Crippen molar-refractivity contribution in [2.75, 3.05) is 26.4 Å². The summed E-state index contributed by atoms with van der Waals surface area (Å²) in [5.41, 5.74) is 0.0616. The molecule has 1 amide bonds. The molecule has 3 heterocycles. The maximum absolute atomic E-state index is 12.3. The van der Waals surface area contributed by atoms with Crippen LogP contribution in [0.3, 0.4) is 0 Å². The van der Waals surface area contributed by atoms with Gasteiger partial charge in [0.2, 0.25) is 5.91 Å². The second kappa shape index (κ2) is 7.84. The molecule has 7 nitrogen and oxygen atoms in total. The van der Waals surface area contributed by atoms with E-state index in [9.17, 15) is 24.2 Å². The zero-order valence-electron chi connectivity index (χ0n) is 14.9. The Bertz CT molecular complexity index is 614. The summed E-state index contributed by atoms with van der Waals surface area (Å²) in [6.07, 6.45) is -0.00538. The molecule has 0 unspecified atom stereocenters. The summed E-state index contributed by atoms with van der Waals surface area (Å²) in [6.45, 7) is 4.20. The molecule has 3 aliphatic heterocycles. The molecule has 0 aromatic carbocycles. The third-order valence-corrected chi connectivity index (χ3v) is 6.84. The first kappa shape index (κ1) is 19.6. The number of aliphatic carboxylic acids is 1. The monoisotopic (exact) mass is 388 g/mol. The molecule has 0 radical (unpaired) electrons. The number of fused-ring (bicyclic) bond motifs is 1. The summed E-state index contributed by atoms with van der Waals surface area (Å²) in [4.78, 5) is 26.2. The fraction of sp³-hybridized carbons (Fsp3) is 0.765. The number of thioether (sulfide) groups is 1. The Labute approximate surface area is 155 Å². The maximum Gasteiger partial charge on any atom is 0.353 e. The Hall–Kier alpha value is -1.16. The number of β-lactam (4-membered cyclic amide) rings is 1. The van der Waals surface area contributed by atoms with Crippen molar-refractivity contribution in [3.63, 3.8) is 0 Å². The van der Waals surface area contributed by atoms with Crippen molar-refractivity contribution in [3.8, 4) is 0 Å². The fourth-order valence-corrected chi connectivity index (χ4v) is 5.66. The summed E-state index contributed by atoms with van der Waals surface area (Å²) in [6, 6.07) is -0.164. The lowest BCUT2D eigenvalue weighted by Gasteiger charge is -2.46. The number of amides is 1. The molecule has 0 aromatic heterocycles. The number of carboxylic acids is 1. The fourth-order valence-electron chi connectivity index (χ4n) is 4.14. The van der Waals surface area contributed by atoms with Gasteiger partial charge in [-0.3, -0.25) is 4.79 Å². The highest BCUT2D eigenvalue weighted by atomic mass is 32.2. The van der Waals surface area contributed by atoms with Gasteiger partial charge in [-0.2, -0.15) is 0 Å². The highest BCUT2D eigenvalue weighted by Gasteiger charge is 2.60. The molecule has 3 rings (SSSR count). The minimum atomic E-state index is -1.10. The van der Waals surface area contributed by atoms with Gasteiger partial charge in [0.25, 0.3) is 0 Å². The van der Waals surface area contributed by atoms with Crippen LogP contribution >= 0.6 is 11.8 Å². The summed E-state index contributed by atoms with van der Waals surface area (Å²) >= 11 is 1.50. The van der Waals surface area contributed by atoms with E-state index in [0.717, 1.165) is 6.42 Å². The zero-order chi connectivity index (χ0) is 19.0. The van der Waals surface area contributed by atoms with Gasteiger partial charge < -0.3 is 25.2 Å². The lowest BCUT2D eigenvalue weighted by Crippen LogP contribution is -2.63. The molecule has 2 saturated heterocycles. The third-order valence-electron chi connectivity index (χ3n) is 5.33. The van der Waals surface area contributed by atoms with Crippen LogP contribution < -0.4 is 5.32 Å². The number of halogens is 1. The Morgan fingerprint density at radius 1 is 1.54 bits per heavy atom. The van der Waals surface area contributed by atoms with Gasteiger partial charge in [-0.1, -0.05) is 6.92 Å². The molecule has 26 heavy (non-hydrogen) atoms. The normalized spacial score (nSPS) is 34.8. The Morgan fingerprint density at radius 2 is 2.27 bits per heavy atom. The predicted molar refractivity (Wildman–Crippen MR) is 94.2 cm³/mol. The van der Waals surface area contributed by atoms with Gasteiger partial charge in [0.1, 0.15) is 12.4 Å². The molecular weight excluding hydrogens is 363 g/mol. The number of carbonyl (C=O) groups is 2. The number of aliphatic hydroxyl groups is 1. The molecular formula is C17H25FN2O5S. The van der Waals surface area contributed by atoms with Crippen LogP contribution in [0.2, 0.25) is 0 Å². The van der Waals surface area contributed by atoms with Crippen molar-refractivity contribution in [1.82, 2.24) is 10.2 Å². The molecule has 0 bridgehead atoms. The van der Waals surface area contributed by atoms with E-state index in [1.54, 1.807) is 6.92 Å². The van der Waals surface area contributed by atoms with Crippen LogP contribution in [-0.2, 0) is 14.3 Å². The largest absolute Gasteiger partial charge is 0.477 e. The predicted octanol–water partition coefficient (Wildman–Crippen LogP) is 0.590. The Balaban J connectivity index is 1.69. The van der Waals surface area contributed by atoms with Crippen LogP contribution in [0.5, 0.6) is 0 Å². The summed E-state index contributed by atoms with van der Waals surface area (Å²) in [5.74, 6) is -2.08. The van der Waals surface area contributed by atoms with E-state index in [1.165, 1.54) is 16.7 Å². The molecule has 0 aliphatic carbocycles. The van der Waals surface area contributed by atoms with Crippen molar-refractivity contribution in [2.45, 2.75) is 43.7 Å². The van der Waals surface area contributed by atoms with Crippen LogP contribution in [0.4, 0.5) is 4.39 Å². The topological polar surface area (TPSA) is 99.1 Å². The minimum Gasteiger partial charge on any atom is -0.477 e. The summed E-state index contributed by atoms with van der Waals surface area (Å²) in [7, 11) is 0. The van der Waals surface area contributed by atoms with Gasteiger partial charge in [-0.15, -0.1) is 11.8 Å². The number of alkyl halides is 1. The Kier molecular flexibility index (Phi) is 5.91. The van der Waals surface area contributed by atoms with E-state index >= 15 is 0 Å². The van der Waals surface area contributed by atoms with Crippen LogP contribution in [-0.4, -0.2) is 76.9 Å². The highest BCUT2D eigenvalue weighted by molar-refractivity contribution is 8.03. The summed E-state index contributed by atoms with van der Waals surface area (Å²) < 4.78 is 17.3. The third kappa shape index (κ3) is 3.37. The van der Waals surface area contributed by atoms with Crippen molar-refractivity contribution in [3.05, 3.63) is 10.6 Å². The van der Waals surface area contributed by atoms with Gasteiger partial charge in [0, 0.05) is 28.7 Å². The summed E-state index contributed by atoms with van der Waals surface area (Å²) in [5, 5.41) is 23.0. The van der Waals surface area contributed by atoms with Crippen LogP contribution in [0.25, 0.3) is 0 Å². The molecule has 3 aliphatic rings. The first-order valence-corrected chi connectivity index (χ1v) is 9.77. The average molecular weight is 388 g/mol. The van der Waals surface area contributed by atoms with E-state index in [2.05, 4.69) is 5.32 Å². The molecule has 146 valence electrons.